The molecule has 3 aliphatic rings. The van der Waals surface area contributed by atoms with E-state index in [1.54, 1.807) is 0 Å². The lowest BCUT2D eigenvalue weighted by Crippen LogP contribution is -2.51. The number of thioether (sulfide) groups is 1. The smallest absolute Gasteiger partial charge is 0.257 e. The Morgan fingerprint density at radius 1 is 1.50 bits per heavy atom. The number of nitriles is 1. The molecule has 0 spiro atoms. The van der Waals surface area contributed by atoms with Gasteiger partial charge in [0.05, 0.1) is 22.1 Å². The summed E-state index contributed by atoms with van der Waals surface area (Å²) in [4.78, 5) is 25.4. The number of carbonyl (C=O) groups excluding carboxylic acids is 2. The number of sulfonamides is 1. The lowest BCUT2D eigenvalue weighted by Gasteiger charge is -2.29. The Hall–Kier alpha value is -1.27. The fourth-order valence-electron chi connectivity index (χ4n) is 3.08. The van der Waals surface area contributed by atoms with Crippen LogP contribution in [0.15, 0.2) is 0 Å². The van der Waals surface area contributed by atoms with Crippen molar-refractivity contribution in [3.8, 4) is 6.07 Å². The van der Waals surface area contributed by atoms with Gasteiger partial charge in [0.2, 0.25) is 15.9 Å². The molecule has 1 saturated carbocycles. The Morgan fingerprint density at radius 2 is 2.18 bits per heavy atom. The van der Waals surface area contributed by atoms with Crippen molar-refractivity contribution in [3.05, 3.63) is 0 Å². The molecule has 2 atom stereocenters. The summed E-state index contributed by atoms with van der Waals surface area (Å²) in [5, 5.41) is 8.97. The van der Waals surface area contributed by atoms with Gasteiger partial charge in [0.15, 0.2) is 0 Å². The summed E-state index contributed by atoms with van der Waals surface area (Å²) < 4.78 is 26.2. The first-order valence-corrected chi connectivity index (χ1v) is 9.76. The highest BCUT2D eigenvalue weighted by molar-refractivity contribution is 8.01. The van der Waals surface area contributed by atoms with Crippen LogP contribution in [0.25, 0.3) is 0 Å². The second-order valence-corrected chi connectivity index (χ2v) is 9.61. The van der Waals surface area contributed by atoms with Gasteiger partial charge in [-0.05, 0) is 26.2 Å². The highest BCUT2D eigenvalue weighted by Crippen LogP contribution is 2.48. The summed E-state index contributed by atoms with van der Waals surface area (Å²) in [7, 11) is -3.86. The number of nitrogens with one attached hydrogen (secondary N) is 1. The minimum Gasteiger partial charge on any atom is -0.315 e. The normalized spacial score (nSPS) is 32.5. The zero-order valence-electron chi connectivity index (χ0n) is 12.2. The Bertz CT molecular complexity index is 680. The molecule has 0 aromatic rings. The zero-order valence-corrected chi connectivity index (χ0v) is 13.8. The summed E-state index contributed by atoms with van der Waals surface area (Å²) in [6, 6.07) is 1.25. The van der Waals surface area contributed by atoms with Crippen molar-refractivity contribution in [1.82, 2.24) is 9.62 Å². The van der Waals surface area contributed by atoms with Crippen LogP contribution in [0.4, 0.5) is 0 Å². The molecular formula is C13H17N3O4S2. The van der Waals surface area contributed by atoms with Crippen molar-refractivity contribution < 1.29 is 18.0 Å². The first-order valence-electron chi connectivity index (χ1n) is 7.12. The molecule has 2 aliphatic heterocycles. The monoisotopic (exact) mass is 343 g/mol. The average molecular weight is 343 g/mol. The molecule has 2 heterocycles. The van der Waals surface area contributed by atoms with E-state index in [0.29, 0.717) is 31.4 Å². The van der Waals surface area contributed by atoms with Gasteiger partial charge in [0.25, 0.3) is 5.91 Å². The van der Waals surface area contributed by atoms with Crippen molar-refractivity contribution in [2.45, 2.75) is 43.5 Å². The van der Waals surface area contributed by atoms with Gasteiger partial charge in [-0.15, -0.1) is 11.8 Å². The second kappa shape index (κ2) is 4.86. The van der Waals surface area contributed by atoms with Crippen LogP contribution in [-0.4, -0.2) is 47.6 Å². The Balaban J connectivity index is 1.70. The van der Waals surface area contributed by atoms with E-state index in [4.69, 9.17) is 5.26 Å². The van der Waals surface area contributed by atoms with Crippen LogP contribution in [0.1, 0.15) is 32.6 Å². The van der Waals surface area contributed by atoms with Crippen molar-refractivity contribution >= 4 is 33.6 Å². The predicted molar refractivity (Wildman–Crippen MR) is 79.9 cm³/mol. The number of rotatable bonds is 4. The maximum absolute atomic E-state index is 12.3. The standard InChI is InChI=1S/C13H17N3O4S2/c1-12-3-2-10(17)16(12)9(6-21-12)11(18)15-22(19,20)8-13(7-14)4-5-13/h9H,2-6,8H2,1H3,(H,15,18)/t9-,12+/m1/s1. The van der Waals surface area contributed by atoms with Gasteiger partial charge in [-0.2, -0.15) is 5.26 Å². The van der Waals surface area contributed by atoms with Crippen LogP contribution in [-0.2, 0) is 19.6 Å². The highest BCUT2D eigenvalue weighted by Gasteiger charge is 2.54. The fourth-order valence-corrected chi connectivity index (χ4v) is 6.10. The molecule has 120 valence electrons. The van der Waals surface area contributed by atoms with Crippen molar-refractivity contribution in [2.24, 2.45) is 5.41 Å². The van der Waals surface area contributed by atoms with Gasteiger partial charge in [0, 0.05) is 12.2 Å². The molecule has 3 fully saturated rings. The molecule has 0 aromatic carbocycles. The molecule has 9 heteroatoms. The SMILES string of the molecule is C[C@]12CCC(=O)N1[C@@H](C(=O)NS(=O)(=O)CC1(C#N)CC1)CS2. The number of amides is 2. The minimum atomic E-state index is -3.86. The Morgan fingerprint density at radius 3 is 2.77 bits per heavy atom. The van der Waals surface area contributed by atoms with E-state index in [2.05, 4.69) is 4.72 Å². The molecule has 0 unspecified atom stereocenters. The van der Waals surface area contributed by atoms with Gasteiger partial charge in [-0.25, -0.2) is 8.42 Å². The summed E-state index contributed by atoms with van der Waals surface area (Å²) >= 11 is 1.51. The number of hydrogen-bond acceptors (Lipinski definition) is 6. The first kappa shape index (κ1) is 15.6. The van der Waals surface area contributed by atoms with Crippen LogP contribution in [0.2, 0.25) is 0 Å². The Labute approximate surface area is 133 Å². The third-order valence-corrected chi connectivity index (χ3v) is 7.51. The van der Waals surface area contributed by atoms with Gasteiger partial charge in [-0.3, -0.25) is 14.3 Å². The van der Waals surface area contributed by atoms with Crippen LogP contribution >= 0.6 is 11.8 Å². The van der Waals surface area contributed by atoms with Crippen molar-refractivity contribution in [1.29, 1.82) is 5.26 Å². The lowest BCUT2D eigenvalue weighted by molar-refractivity contribution is -0.137. The van der Waals surface area contributed by atoms with Crippen LogP contribution in [0.3, 0.4) is 0 Å². The molecular weight excluding hydrogens is 326 g/mol. The fraction of sp³-hybridized carbons (Fsp3) is 0.769. The average Bonchev–Trinajstić information content (AvgIpc) is 3.00. The number of carbonyl (C=O) groups is 2. The third-order valence-electron chi connectivity index (χ3n) is 4.56. The maximum Gasteiger partial charge on any atom is 0.257 e. The van der Waals surface area contributed by atoms with E-state index in [1.807, 2.05) is 13.0 Å². The molecule has 1 N–H and O–H groups in total. The highest BCUT2D eigenvalue weighted by atomic mass is 32.2. The molecule has 2 saturated heterocycles. The van der Waals surface area contributed by atoms with Crippen LogP contribution < -0.4 is 4.72 Å². The lowest BCUT2D eigenvalue weighted by atomic mass is 10.2. The van der Waals surface area contributed by atoms with Crippen LogP contribution in [0, 0.1) is 16.7 Å². The number of fused-ring (bicyclic) bond motifs is 1. The molecule has 0 aromatic heterocycles. The summed E-state index contributed by atoms with van der Waals surface area (Å²) in [6.07, 6.45) is 2.14. The van der Waals surface area contributed by atoms with Gasteiger partial charge in [0.1, 0.15) is 6.04 Å². The molecule has 1 aliphatic carbocycles. The van der Waals surface area contributed by atoms with E-state index in [-0.39, 0.29) is 11.7 Å². The second-order valence-electron chi connectivity index (χ2n) is 6.38. The zero-order chi connectivity index (χ0) is 16.2. The topological polar surface area (TPSA) is 107 Å². The molecule has 7 nitrogen and oxygen atoms in total. The van der Waals surface area contributed by atoms with Gasteiger partial charge in [-0.1, -0.05) is 0 Å². The largest absolute Gasteiger partial charge is 0.315 e. The Kier molecular flexibility index (Phi) is 3.45. The number of hydrogen-bond donors (Lipinski definition) is 1. The van der Waals surface area contributed by atoms with E-state index < -0.39 is 32.3 Å². The van der Waals surface area contributed by atoms with E-state index in [9.17, 15) is 18.0 Å². The van der Waals surface area contributed by atoms with E-state index in [1.165, 1.54) is 16.7 Å². The molecule has 0 radical (unpaired) electrons. The van der Waals surface area contributed by atoms with E-state index >= 15 is 0 Å². The van der Waals surface area contributed by atoms with E-state index in [0.717, 1.165) is 0 Å². The molecule has 3 rings (SSSR count). The predicted octanol–water partition coefficient (Wildman–Crippen LogP) is 0.190. The molecule has 0 bridgehead atoms. The molecule has 22 heavy (non-hydrogen) atoms. The van der Waals surface area contributed by atoms with Crippen molar-refractivity contribution in [3.63, 3.8) is 0 Å². The molecule has 2 amide bonds. The van der Waals surface area contributed by atoms with Crippen LogP contribution in [0.5, 0.6) is 0 Å². The minimum absolute atomic E-state index is 0.110. The van der Waals surface area contributed by atoms with Gasteiger partial charge < -0.3 is 4.90 Å². The summed E-state index contributed by atoms with van der Waals surface area (Å²) in [6.45, 7) is 1.90. The first-order chi connectivity index (χ1) is 10.2. The summed E-state index contributed by atoms with van der Waals surface area (Å²) in [5.41, 5.74) is -0.839. The quantitative estimate of drug-likeness (QED) is 0.781. The number of nitrogens with zero attached hydrogens (tertiary/aromatic N) is 2. The third kappa shape index (κ3) is 2.58. The summed E-state index contributed by atoms with van der Waals surface area (Å²) in [5.74, 6) is -0.735. The van der Waals surface area contributed by atoms with Crippen molar-refractivity contribution in [2.75, 3.05) is 11.5 Å². The van der Waals surface area contributed by atoms with Gasteiger partial charge >= 0.3 is 0 Å². The maximum atomic E-state index is 12.3.